The van der Waals surface area contributed by atoms with Crippen LogP contribution in [0.3, 0.4) is 0 Å². The molecule has 3 N–H and O–H groups in total. The van der Waals surface area contributed by atoms with Crippen molar-refractivity contribution in [2.45, 2.75) is 26.3 Å². The molecule has 150 valence electrons. The molecule has 3 rings (SSSR count). The fraction of sp³-hybridized carbons (Fsp3) is 0.364. The van der Waals surface area contributed by atoms with Gasteiger partial charge in [0.05, 0.1) is 0 Å². The van der Waals surface area contributed by atoms with E-state index in [1.165, 1.54) is 0 Å². The summed E-state index contributed by atoms with van der Waals surface area (Å²) in [7, 11) is 0. The van der Waals surface area contributed by atoms with Gasteiger partial charge in [0.25, 0.3) is 5.91 Å². The summed E-state index contributed by atoms with van der Waals surface area (Å²) in [6.07, 6.45) is 1.71. The number of hydrogen-bond acceptors (Lipinski definition) is 3. The first-order valence-electron chi connectivity index (χ1n) is 9.52. The van der Waals surface area contributed by atoms with E-state index in [2.05, 4.69) is 12.2 Å². The minimum Gasteiger partial charge on any atom is -0.334 e. The molecule has 2 amide bonds. The Bertz CT molecular complexity index is 780. The standard InChI is InChI=1S/C22H27N3O2.ClH/c1-16-14-20(16)21(26)24-19-10-8-18(9-11-19)22(27)25(13-5-12-23)15-17-6-3-2-4-7-17;/h2-4,6-11,16,20H,5,12-15,23H2,1H3,(H,24,26);1H. The zero-order valence-electron chi connectivity index (χ0n) is 16.1. The summed E-state index contributed by atoms with van der Waals surface area (Å²) < 4.78 is 0. The summed E-state index contributed by atoms with van der Waals surface area (Å²) in [6, 6.07) is 17.1. The number of hydrogen-bond donors (Lipinski definition) is 2. The van der Waals surface area contributed by atoms with Gasteiger partial charge >= 0.3 is 0 Å². The lowest BCUT2D eigenvalue weighted by Crippen LogP contribution is -2.32. The van der Waals surface area contributed by atoms with Gasteiger partial charge in [0.2, 0.25) is 5.91 Å². The van der Waals surface area contributed by atoms with Crippen molar-refractivity contribution < 1.29 is 9.59 Å². The first kappa shape index (κ1) is 21.9. The highest BCUT2D eigenvalue weighted by atomic mass is 35.5. The quantitative estimate of drug-likeness (QED) is 0.708. The van der Waals surface area contributed by atoms with E-state index in [1.54, 1.807) is 24.3 Å². The molecule has 1 saturated carbocycles. The maximum absolute atomic E-state index is 12.9. The number of carbonyl (C=O) groups excluding carboxylic acids is 2. The van der Waals surface area contributed by atoms with Crippen molar-refractivity contribution in [3.63, 3.8) is 0 Å². The molecule has 0 spiro atoms. The molecule has 2 unspecified atom stereocenters. The Balaban J connectivity index is 0.00000280. The number of benzene rings is 2. The molecule has 0 aromatic heterocycles. The van der Waals surface area contributed by atoms with E-state index < -0.39 is 0 Å². The van der Waals surface area contributed by atoms with Crippen LogP contribution in [-0.4, -0.2) is 29.8 Å². The summed E-state index contributed by atoms with van der Waals surface area (Å²) in [6.45, 7) is 3.79. The van der Waals surface area contributed by atoms with Crippen LogP contribution >= 0.6 is 12.4 Å². The van der Waals surface area contributed by atoms with Crippen LogP contribution in [0.5, 0.6) is 0 Å². The van der Waals surface area contributed by atoms with E-state index in [1.807, 2.05) is 35.2 Å². The van der Waals surface area contributed by atoms with Gasteiger partial charge in [0, 0.05) is 30.3 Å². The number of nitrogens with one attached hydrogen (secondary N) is 1. The van der Waals surface area contributed by atoms with E-state index in [4.69, 9.17) is 5.73 Å². The van der Waals surface area contributed by atoms with Gasteiger partial charge < -0.3 is 16.0 Å². The molecule has 0 radical (unpaired) electrons. The Morgan fingerprint density at radius 1 is 1.11 bits per heavy atom. The summed E-state index contributed by atoms with van der Waals surface area (Å²) >= 11 is 0. The van der Waals surface area contributed by atoms with Crippen LogP contribution in [0.15, 0.2) is 54.6 Å². The molecule has 1 aliphatic carbocycles. The minimum absolute atomic E-state index is 0. The number of carbonyl (C=O) groups is 2. The fourth-order valence-corrected chi connectivity index (χ4v) is 3.14. The number of rotatable bonds is 8. The highest BCUT2D eigenvalue weighted by Crippen LogP contribution is 2.38. The normalized spacial score (nSPS) is 17.4. The van der Waals surface area contributed by atoms with E-state index in [9.17, 15) is 9.59 Å². The molecule has 0 heterocycles. The Hall–Kier alpha value is -2.37. The smallest absolute Gasteiger partial charge is 0.254 e. The van der Waals surface area contributed by atoms with Crippen LogP contribution < -0.4 is 11.1 Å². The minimum atomic E-state index is -0.0269. The predicted molar refractivity (Wildman–Crippen MR) is 114 cm³/mol. The fourth-order valence-electron chi connectivity index (χ4n) is 3.14. The third-order valence-electron chi connectivity index (χ3n) is 4.98. The van der Waals surface area contributed by atoms with Crippen molar-refractivity contribution in [3.8, 4) is 0 Å². The van der Waals surface area contributed by atoms with Gasteiger partial charge in [-0.3, -0.25) is 9.59 Å². The molecule has 2 aromatic carbocycles. The topological polar surface area (TPSA) is 75.4 Å². The highest BCUT2D eigenvalue weighted by molar-refractivity contribution is 5.97. The third kappa shape index (κ3) is 5.81. The van der Waals surface area contributed by atoms with Crippen LogP contribution in [0.4, 0.5) is 5.69 Å². The van der Waals surface area contributed by atoms with E-state index in [0.29, 0.717) is 31.1 Å². The van der Waals surface area contributed by atoms with Crippen molar-refractivity contribution in [3.05, 3.63) is 65.7 Å². The number of nitrogens with two attached hydrogens (primary N) is 1. The lowest BCUT2D eigenvalue weighted by atomic mass is 10.1. The first-order chi connectivity index (χ1) is 13.1. The number of nitrogens with zero attached hydrogens (tertiary/aromatic N) is 1. The van der Waals surface area contributed by atoms with E-state index in [0.717, 1.165) is 24.1 Å². The zero-order valence-corrected chi connectivity index (χ0v) is 17.0. The van der Waals surface area contributed by atoms with Gasteiger partial charge in [-0.15, -0.1) is 12.4 Å². The molecule has 6 heteroatoms. The maximum atomic E-state index is 12.9. The first-order valence-corrected chi connectivity index (χ1v) is 9.52. The van der Waals surface area contributed by atoms with Crippen molar-refractivity contribution in [1.82, 2.24) is 4.90 Å². The van der Waals surface area contributed by atoms with Crippen molar-refractivity contribution in [2.75, 3.05) is 18.4 Å². The monoisotopic (exact) mass is 401 g/mol. The molecule has 0 saturated heterocycles. The Morgan fingerprint density at radius 2 is 1.75 bits per heavy atom. The summed E-state index contributed by atoms with van der Waals surface area (Å²) in [5.41, 5.74) is 8.07. The van der Waals surface area contributed by atoms with Gasteiger partial charge in [-0.1, -0.05) is 37.3 Å². The van der Waals surface area contributed by atoms with Crippen LogP contribution in [0.2, 0.25) is 0 Å². The second-order valence-corrected chi connectivity index (χ2v) is 7.24. The van der Waals surface area contributed by atoms with Gasteiger partial charge in [0.1, 0.15) is 0 Å². The van der Waals surface area contributed by atoms with Crippen molar-refractivity contribution >= 4 is 29.9 Å². The molecular weight excluding hydrogens is 374 g/mol. The lowest BCUT2D eigenvalue weighted by molar-refractivity contribution is -0.117. The largest absolute Gasteiger partial charge is 0.334 e. The highest BCUT2D eigenvalue weighted by Gasteiger charge is 2.39. The van der Waals surface area contributed by atoms with Gasteiger partial charge in [-0.2, -0.15) is 0 Å². The SMILES string of the molecule is CC1CC1C(=O)Nc1ccc(C(=O)N(CCCN)Cc2ccccc2)cc1.Cl. The second kappa shape index (κ2) is 10.2. The molecule has 5 nitrogen and oxygen atoms in total. The lowest BCUT2D eigenvalue weighted by Gasteiger charge is -2.23. The average Bonchev–Trinajstić information content (AvgIpc) is 3.43. The summed E-state index contributed by atoms with van der Waals surface area (Å²) in [5.74, 6) is 0.639. The van der Waals surface area contributed by atoms with Gasteiger partial charge in [0.15, 0.2) is 0 Å². The van der Waals surface area contributed by atoms with Gasteiger partial charge in [-0.25, -0.2) is 0 Å². The van der Waals surface area contributed by atoms with Crippen molar-refractivity contribution in [2.24, 2.45) is 17.6 Å². The van der Waals surface area contributed by atoms with E-state index >= 15 is 0 Å². The molecule has 0 bridgehead atoms. The Kier molecular flexibility index (Phi) is 8.03. The predicted octanol–water partition coefficient (Wildman–Crippen LogP) is 3.69. The average molecular weight is 402 g/mol. The molecule has 28 heavy (non-hydrogen) atoms. The summed E-state index contributed by atoms with van der Waals surface area (Å²) in [4.78, 5) is 26.8. The summed E-state index contributed by atoms with van der Waals surface area (Å²) in [5, 5.41) is 2.92. The molecule has 0 aliphatic heterocycles. The second-order valence-electron chi connectivity index (χ2n) is 7.24. The number of anilines is 1. The number of halogens is 1. The van der Waals surface area contributed by atoms with Crippen LogP contribution in [0.1, 0.15) is 35.7 Å². The Morgan fingerprint density at radius 3 is 2.32 bits per heavy atom. The molecular formula is C22H28ClN3O2. The number of amides is 2. The molecule has 2 atom stereocenters. The molecule has 1 fully saturated rings. The van der Waals surface area contributed by atoms with Crippen LogP contribution in [0.25, 0.3) is 0 Å². The molecule has 1 aliphatic rings. The van der Waals surface area contributed by atoms with Crippen LogP contribution in [-0.2, 0) is 11.3 Å². The van der Waals surface area contributed by atoms with Crippen molar-refractivity contribution in [1.29, 1.82) is 0 Å². The Labute approximate surface area is 172 Å². The van der Waals surface area contributed by atoms with Gasteiger partial charge in [-0.05, 0) is 55.1 Å². The van der Waals surface area contributed by atoms with Crippen LogP contribution in [0, 0.1) is 11.8 Å². The zero-order chi connectivity index (χ0) is 19.2. The third-order valence-corrected chi connectivity index (χ3v) is 4.98. The molecule has 2 aromatic rings. The van der Waals surface area contributed by atoms with E-state index in [-0.39, 0.29) is 30.1 Å². The maximum Gasteiger partial charge on any atom is 0.254 e.